The molecule has 1 aromatic carbocycles. The molecule has 0 saturated heterocycles. The molecule has 18 heavy (non-hydrogen) atoms. The van der Waals surface area contributed by atoms with Crippen molar-refractivity contribution in [2.75, 3.05) is 6.54 Å². The maximum atomic E-state index is 11.8. The average molecular weight is 250 g/mol. The van der Waals surface area contributed by atoms with Crippen molar-refractivity contribution in [1.29, 1.82) is 0 Å². The van der Waals surface area contributed by atoms with Crippen LogP contribution in [0.2, 0.25) is 0 Å². The molecule has 1 aromatic rings. The third-order valence-electron chi connectivity index (χ3n) is 2.70. The number of amides is 1. The van der Waals surface area contributed by atoms with Gasteiger partial charge in [0.2, 0.25) is 5.91 Å². The lowest BCUT2D eigenvalue weighted by molar-refractivity contribution is -0.123. The molecular weight excluding hydrogens is 228 g/mol. The van der Waals surface area contributed by atoms with E-state index in [4.69, 9.17) is 5.73 Å². The van der Waals surface area contributed by atoms with Crippen LogP contribution in [0.5, 0.6) is 0 Å². The van der Waals surface area contributed by atoms with E-state index in [-0.39, 0.29) is 12.5 Å². The summed E-state index contributed by atoms with van der Waals surface area (Å²) in [4.78, 5) is 11.8. The van der Waals surface area contributed by atoms with E-state index in [1.807, 2.05) is 44.2 Å². The monoisotopic (exact) mass is 250 g/mol. The number of carbonyl (C=O) groups excluding carboxylic acids is 1. The van der Waals surface area contributed by atoms with Crippen molar-refractivity contribution >= 4 is 5.91 Å². The Morgan fingerprint density at radius 3 is 2.50 bits per heavy atom. The van der Waals surface area contributed by atoms with Gasteiger partial charge in [-0.1, -0.05) is 44.2 Å². The zero-order valence-corrected chi connectivity index (χ0v) is 11.0. The minimum absolute atomic E-state index is 0.248. The fourth-order valence-electron chi connectivity index (χ4n) is 1.77. The number of rotatable bonds is 6. The molecule has 0 spiro atoms. The van der Waals surface area contributed by atoms with E-state index in [9.17, 15) is 9.90 Å². The van der Waals surface area contributed by atoms with Gasteiger partial charge in [-0.05, 0) is 17.9 Å². The summed E-state index contributed by atoms with van der Waals surface area (Å²) in [6.45, 7) is 4.30. The van der Waals surface area contributed by atoms with E-state index in [0.29, 0.717) is 12.3 Å². The van der Waals surface area contributed by atoms with Crippen LogP contribution in [0, 0.1) is 5.92 Å². The molecule has 1 unspecified atom stereocenters. The van der Waals surface area contributed by atoms with Crippen LogP contribution < -0.4 is 11.1 Å². The molecule has 4 nitrogen and oxygen atoms in total. The number of aliphatic hydroxyl groups is 1. The van der Waals surface area contributed by atoms with Crippen molar-refractivity contribution in [2.24, 2.45) is 11.7 Å². The van der Waals surface area contributed by atoms with Crippen molar-refractivity contribution in [3.8, 4) is 0 Å². The molecule has 0 fully saturated rings. The van der Waals surface area contributed by atoms with E-state index >= 15 is 0 Å². The van der Waals surface area contributed by atoms with Crippen LogP contribution in [0.1, 0.15) is 31.9 Å². The fourth-order valence-corrected chi connectivity index (χ4v) is 1.77. The van der Waals surface area contributed by atoms with Gasteiger partial charge in [0.25, 0.3) is 0 Å². The van der Waals surface area contributed by atoms with E-state index < -0.39 is 12.1 Å². The van der Waals surface area contributed by atoms with Gasteiger partial charge in [-0.15, -0.1) is 0 Å². The van der Waals surface area contributed by atoms with Gasteiger partial charge in [-0.2, -0.15) is 0 Å². The number of hydrogen-bond acceptors (Lipinski definition) is 3. The van der Waals surface area contributed by atoms with Crippen molar-refractivity contribution in [1.82, 2.24) is 5.32 Å². The number of aliphatic hydroxyl groups excluding tert-OH is 1. The predicted octanol–water partition coefficient (Wildman–Crippen LogP) is 1.21. The van der Waals surface area contributed by atoms with Gasteiger partial charge in [-0.25, -0.2) is 0 Å². The lowest BCUT2D eigenvalue weighted by Crippen LogP contribution is -2.38. The molecule has 0 saturated carbocycles. The lowest BCUT2D eigenvalue weighted by Gasteiger charge is -2.16. The van der Waals surface area contributed by atoms with Crippen LogP contribution >= 0.6 is 0 Å². The Morgan fingerprint density at radius 1 is 1.33 bits per heavy atom. The molecule has 1 amide bonds. The van der Waals surface area contributed by atoms with Crippen LogP contribution in [0.3, 0.4) is 0 Å². The fraction of sp³-hybridized carbons (Fsp3) is 0.500. The maximum absolute atomic E-state index is 11.8. The van der Waals surface area contributed by atoms with Crippen molar-refractivity contribution in [3.05, 3.63) is 35.9 Å². The van der Waals surface area contributed by atoms with Crippen molar-refractivity contribution in [3.63, 3.8) is 0 Å². The molecule has 0 aliphatic heterocycles. The van der Waals surface area contributed by atoms with Crippen molar-refractivity contribution in [2.45, 2.75) is 32.4 Å². The number of nitrogens with one attached hydrogen (secondary N) is 1. The quantitative estimate of drug-likeness (QED) is 0.710. The summed E-state index contributed by atoms with van der Waals surface area (Å²) >= 11 is 0. The maximum Gasteiger partial charge on any atom is 0.241 e. The minimum Gasteiger partial charge on any atom is -0.391 e. The van der Waals surface area contributed by atoms with Crippen molar-refractivity contribution < 1.29 is 9.90 Å². The van der Waals surface area contributed by atoms with Crippen LogP contribution in [0.15, 0.2) is 30.3 Å². The van der Waals surface area contributed by atoms with Crippen LogP contribution in [-0.2, 0) is 4.79 Å². The standard InChI is InChI=1S/C14H22N2O2/c1-10(2)8-12(17)9-16-14(18)13(15)11-6-4-3-5-7-11/h3-7,10,12-13,17H,8-9,15H2,1-2H3,(H,16,18)/t12?,13-/m1/s1. The summed E-state index contributed by atoms with van der Waals surface area (Å²) in [5.41, 5.74) is 6.60. The van der Waals surface area contributed by atoms with Gasteiger partial charge in [0, 0.05) is 6.54 Å². The van der Waals surface area contributed by atoms with Crippen LogP contribution in [-0.4, -0.2) is 23.7 Å². The Balaban J connectivity index is 2.41. The van der Waals surface area contributed by atoms with Crippen LogP contribution in [0.25, 0.3) is 0 Å². The van der Waals surface area contributed by atoms with E-state index in [0.717, 1.165) is 5.56 Å². The molecule has 0 heterocycles. The first kappa shape index (κ1) is 14.7. The van der Waals surface area contributed by atoms with Gasteiger partial charge >= 0.3 is 0 Å². The molecule has 0 radical (unpaired) electrons. The first-order valence-electron chi connectivity index (χ1n) is 6.27. The third-order valence-corrected chi connectivity index (χ3v) is 2.70. The third kappa shape index (κ3) is 4.85. The summed E-state index contributed by atoms with van der Waals surface area (Å²) in [6, 6.07) is 8.51. The summed E-state index contributed by atoms with van der Waals surface area (Å²) in [6.07, 6.45) is 0.151. The molecule has 1 rings (SSSR count). The van der Waals surface area contributed by atoms with E-state index in [2.05, 4.69) is 5.32 Å². The molecule has 4 heteroatoms. The normalized spacial score (nSPS) is 14.3. The Bertz CT molecular complexity index is 365. The molecule has 0 aromatic heterocycles. The molecule has 2 atom stereocenters. The summed E-state index contributed by atoms with van der Waals surface area (Å²) in [5, 5.41) is 12.3. The van der Waals surface area contributed by atoms with Gasteiger partial charge in [0.1, 0.15) is 6.04 Å². The molecule has 0 aliphatic carbocycles. The Morgan fingerprint density at radius 2 is 1.94 bits per heavy atom. The highest BCUT2D eigenvalue weighted by Gasteiger charge is 2.16. The van der Waals surface area contributed by atoms with Gasteiger partial charge in [0.15, 0.2) is 0 Å². The minimum atomic E-state index is -0.683. The number of hydrogen-bond donors (Lipinski definition) is 3. The second kappa shape index (κ2) is 7.13. The first-order valence-corrected chi connectivity index (χ1v) is 6.27. The Hall–Kier alpha value is -1.39. The lowest BCUT2D eigenvalue weighted by atomic mass is 10.1. The highest BCUT2D eigenvalue weighted by Crippen LogP contribution is 2.09. The van der Waals surface area contributed by atoms with E-state index in [1.54, 1.807) is 0 Å². The Labute approximate surface area is 108 Å². The number of nitrogens with two attached hydrogens (primary N) is 1. The van der Waals surface area contributed by atoms with E-state index in [1.165, 1.54) is 0 Å². The van der Waals surface area contributed by atoms with Gasteiger partial charge < -0.3 is 16.2 Å². The number of carbonyl (C=O) groups is 1. The summed E-state index contributed by atoms with van der Waals surface area (Å²) < 4.78 is 0. The predicted molar refractivity (Wildman–Crippen MR) is 71.8 cm³/mol. The topological polar surface area (TPSA) is 75.3 Å². The van der Waals surface area contributed by atoms with Gasteiger partial charge in [-0.3, -0.25) is 4.79 Å². The molecular formula is C14H22N2O2. The molecule has 100 valence electrons. The molecule has 4 N–H and O–H groups in total. The first-order chi connectivity index (χ1) is 8.50. The molecule has 0 bridgehead atoms. The zero-order chi connectivity index (χ0) is 13.5. The summed E-state index contributed by atoms with van der Waals surface area (Å²) in [5.74, 6) is 0.142. The Kier molecular flexibility index (Phi) is 5.82. The number of benzene rings is 1. The second-order valence-corrected chi connectivity index (χ2v) is 4.92. The smallest absolute Gasteiger partial charge is 0.241 e. The highest BCUT2D eigenvalue weighted by molar-refractivity contribution is 5.82. The largest absolute Gasteiger partial charge is 0.391 e. The molecule has 0 aliphatic rings. The zero-order valence-electron chi connectivity index (χ0n) is 11.0. The van der Waals surface area contributed by atoms with Gasteiger partial charge in [0.05, 0.1) is 6.10 Å². The highest BCUT2D eigenvalue weighted by atomic mass is 16.3. The SMILES string of the molecule is CC(C)CC(O)CNC(=O)[C@H](N)c1ccccc1. The van der Waals surface area contributed by atoms with Crippen LogP contribution in [0.4, 0.5) is 0 Å². The average Bonchev–Trinajstić information content (AvgIpc) is 2.35. The second-order valence-electron chi connectivity index (χ2n) is 4.92. The summed E-state index contributed by atoms with van der Waals surface area (Å²) in [7, 11) is 0.